The molecular weight excluding hydrogens is 418 g/mol. The molecule has 2 saturated heterocycles. The molecule has 1 amide bonds. The number of rotatable bonds is 4. The zero-order chi connectivity index (χ0) is 22.3. The first kappa shape index (κ1) is 22.0. The van der Waals surface area contributed by atoms with Crippen molar-refractivity contribution >= 4 is 21.6 Å². The van der Waals surface area contributed by atoms with Crippen molar-refractivity contribution in [2.24, 2.45) is 5.92 Å². The highest BCUT2D eigenvalue weighted by atomic mass is 32.2. The molecule has 2 aromatic heterocycles. The third-order valence-corrected chi connectivity index (χ3v) is 8.01. The fourth-order valence-electron chi connectivity index (χ4n) is 4.95. The summed E-state index contributed by atoms with van der Waals surface area (Å²) < 4.78 is 26.5. The number of amides is 1. The summed E-state index contributed by atoms with van der Waals surface area (Å²) in [5.41, 5.74) is 2.76. The molecule has 4 rings (SSSR count). The zero-order valence-electron chi connectivity index (χ0n) is 18.4. The summed E-state index contributed by atoms with van der Waals surface area (Å²) in [4.78, 5) is 32.7. The van der Waals surface area contributed by atoms with Gasteiger partial charge in [0.15, 0.2) is 5.65 Å². The molecule has 1 N–H and O–H groups in total. The molecule has 2 fully saturated rings. The van der Waals surface area contributed by atoms with Gasteiger partial charge in [0.25, 0.3) is 5.56 Å². The quantitative estimate of drug-likeness (QED) is 0.763. The van der Waals surface area contributed by atoms with Gasteiger partial charge >= 0.3 is 0 Å². The monoisotopic (exact) mass is 449 g/mol. The van der Waals surface area contributed by atoms with Gasteiger partial charge in [0.1, 0.15) is 0 Å². The number of aromatic amines is 1. The predicted octanol–water partition coefficient (Wildman–Crippen LogP) is 1.62. The molecule has 0 radical (unpaired) electrons. The van der Waals surface area contributed by atoms with Crippen LogP contribution in [-0.2, 0) is 21.2 Å². The Morgan fingerprint density at radius 1 is 1.19 bits per heavy atom. The Hall–Kier alpha value is -2.20. The summed E-state index contributed by atoms with van der Waals surface area (Å²) in [6, 6.07) is 1.76. The third kappa shape index (κ3) is 4.15. The van der Waals surface area contributed by atoms with Crippen LogP contribution in [0.1, 0.15) is 62.0 Å². The highest BCUT2D eigenvalue weighted by Crippen LogP contribution is 2.33. The molecule has 2 aliphatic rings. The SMILES string of the molecule is CCc1c(C)nc2cc([C@@H]3CCCCN3C(=O)C3CCN(S(C)(=O)=O)CC3)[nH]n2c1=O. The number of nitrogens with one attached hydrogen (secondary N) is 1. The Kier molecular flexibility index (Phi) is 5.95. The summed E-state index contributed by atoms with van der Waals surface area (Å²) in [5.74, 6) is -0.0833. The van der Waals surface area contributed by atoms with Gasteiger partial charge in [0.2, 0.25) is 15.9 Å². The van der Waals surface area contributed by atoms with E-state index in [0.29, 0.717) is 50.1 Å². The number of hydrogen-bond donors (Lipinski definition) is 1. The first-order valence-corrected chi connectivity index (χ1v) is 12.9. The lowest BCUT2D eigenvalue weighted by molar-refractivity contribution is -0.140. The minimum Gasteiger partial charge on any atom is -0.334 e. The molecule has 0 spiro atoms. The van der Waals surface area contributed by atoms with Crippen molar-refractivity contribution in [3.05, 3.63) is 33.4 Å². The van der Waals surface area contributed by atoms with Crippen molar-refractivity contribution in [2.75, 3.05) is 25.9 Å². The molecule has 10 heteroatoms. The molecule has 4 heterocycles. The second-order valence-electron chi connectivity index (χ2n) is 8.72. The third-order valence-electron chi connectivity index (χ3n) is 6.71. The van der Waals surface area contributed by atoms with Gasteiger partial charge in [-0.2, -0.15) is 0 Å². The van der Waals surface area contributed by atoms with Crippen LogP contribution in [-0.4, -0.2) is 64.0 Å². The normalized spacial score (nSPS) is 21.6. The topological polar surface area (TPSA) is 108 Å². The van der Waals surface area contributed by atoms with Crippen LogP contribution < -0.4 is 5.56 Å². The van der Waals surface area contributed by atoms with E-state index in [1.165, 1.54) is 15.1 Å². The summed E-state index contributed by atoms with van der Waals surface area (Å²) >= 11 is 0. The van der Waals surface area contributed by atoms with E-state index < -0.39 is 10.0 Å². The molecule has 0 saturated carbocycles. The second-order valence-corrected chi connectivity index (χ2v) is 10.7. The maximum absolute atomic E-state index is 13.4. The summed E-state index contributed by atoms with van der Waals surface area (Å²) in [5, 5.41) is 3.21. The van der Waals surface area contributed by atoms with E-state index in [0.717, 1.165) is 30.7 Å². The van der Waals surface area contributed by atoms with Gasteiger partial charge in [-0.25, -0.2) is 22.2 Å². The lowest BCUT2D eigenvalue weighted by Crippen LogP contribution is -2.46. The molecule has 0 aliphatic carbocycles. The van der Waals surface area contributed by atoms with E-state index in [9.17, 15) is 18.0 Å². The first-order chi connectivity index (χ1) is 14.7. The fraction of sp³-hybridized carbons (Fsp3) is 0.667. The second kappa shape index (κ2) is 8.38. The van der Waals surface area contributed by atoms with E-state index in [1.807, 2.05) is 24.8 Å². The van der Waals surface area contributed by atoms with Crippen molar-refractivity contribution in [2.45, 2.75) is 58.4 Å². The lowest BCUT2D eigenvalue weighted by Gasteiger charge is -2.39. The Labute approximate surface area is 182 Å². The lowest BCUT2D eigenvalue weighted by atomic mass is 9.92. The number of likely N-dealkylation sites (tertiary alicyclic amines) is 1. The summed E-state index contributed by atoms with van der Waals surface area (Å²) in [6.45, 7) is 5.24. The van der Waals surface area contributed by atoms with E-state index in [1.54, 1.807) is 0 Å². The zero-order valence-corrected chi connectivity index (χ0v) is 19.2. The fourth-order valence-corrected chi connectivity index (χ4v) is 5.83. The van der Waals surface area contributed by atoms with Crippen LogP contribution >= 0.6 is 0 Å². The maximum Gasteiger partial charge on any atom is 0.276 e. The van der Waals surface area contributed by atoms with Crippen LogP contribution in [0.5, 0.6) is 0 Å². The van der Waals surface area contributed by atoms with Gasteiger partial charge in [-0.15, -0.1) is 0 Å². The Morgan fingerprint density at radius 3 is 2.55 bits per heavy atom. The molecule has 0 bridgehead atoms. The number of fused-ring (bicyclic) bond motifs is 1. The minimum absolute atomic E-state index is 0.0851. The van der Waals surface area contributed by atoms with Gasteiger partial charge < -0.3 is 4.90 Å². The number of sulfonamides is 1. The summed E-state index contributed by atoms with van der Waals surface area (Å²) in [7, 11) is -3.22. The maximum atomic E-state index is 13.4. The van der Waals surface area contributed by atoms with Gasteiger partial charge in [-0.3, -0.25) is 14.7 Å². The largest absolute Gasteiger partial charge is 0.334 e. The molecule has 1 atom stereocenters. The van der Waals surface area contributed by atoms with Gasteiger partial charge in [-0.05, 0) is 45.4 Å². The van der Waals surface area contributed by atoms with Crippen molar-refractivity contribution < 1.29 is 13.2 Å². The van der Waals surface area contributed by atoms with E-state index in [4.69, 9.17) is 0 Å². The van der Waals surface area contributed by atoms with Crippen molar-refractivity contribution in [3.8, 4) is 0 Å². The van der Waals surface area contributed by atoms with Crippen molar-refractivity contribution in [1.82, 2.24) is 23.8 Å². The van der Waals surface area contributed by atoms with E-state index in [2.05, 4.69) is 10.1 Å². The van der Waals surface area contributed by atoms with Crippen LogP contribution in [0.15, 0.2) is 10.9 Å². The number of aromatic nitrogens is 3. The Balaban J connectivity index is 1.59. The van der Waals surface area contributed by atoms with Gasteiger partial charge in [0, 0.05) is 42.9 Å². The van der Waals surface area contributed by atoms with Gasteiger partial charge in [-0.1, -0.05) is 6.92 Å². The van der Waals surface area contributed by atoms with Crippen molar-refractivity contribution in [3.63, 3.8) is 0 Å². The number of hydrogen-bond acceptors (Lipinski definition) is 5. The number of carbonyl (C=O) groups is 1. The molecular formula is C21H31N5O4S. The summed E-state index contributed by atoms with van der Waals surface area (Å²) in [6.07, 6.45) is 5.71. The van der Waals surface area contributed by atoms with E-state index >= 15 is 0 Å². The van der Waals surface area contributed by atoms with Gasteiger partial charge in [0.05, 0.1) is 18.0 Å². The molecule has 0 aromatic carbocycles. The molecule has 2 aliphatic heterocycles. The highest BCUT2D eigenvalue weighted by Gasteiger charge is 2.36. The smallest absolute Gasteiger partial charge is 0.276 e. The highest BCUT2D eigenvalue weighted by molar-refractivity contribution is 7.88. The average molecular weight is 450 g/mol. The van der Waals surface area contributed by atoms with Crippen LogP contribution in [0.3, 0.4) is 0 Å². The Morgan fingerprint density at radius 2 is 1.90 bits per heavy atom. The standard InChI is InChI=1S/C21H31N5O4S/c1-4-16-14(2)22-19-13-17(23-26(19)21(16)28)18-7-5-6-10-25(18)20(27)15-8-11-24(12-9-15)31(3,29)30/h13,15,18,23H,4-12H2,1-3H3/t18-/m0/s1. The number of carbonyl (C=O) groups excluding carboxylic acids is 1. The Bertz CT molecular complexity index is 1140. The number of piperidine rings is 2. The average Bonchev–Trinajstić information content (AvgIpc) is 3.17. The predicted molar refractivity (Wildman–Crippen MR) is 117 cm³/mol. The number of H-pyrrole nitrogens is 1. The number of nitrogens with zero attached hydrogens (tertiary/aromatic N) is 4. The van der Waals surface area contributed by atoms with Crippen molar-refractivity contribution in [1.29, 1.82) is 0 Å². The first-order valence-electron chi connectivity index (χ1n) is 11.1. The molecule has 0 unspecified atom stereocenters. The van der Waals surface area contributed by atoms with E-state index in [-0.39, 0.29) is 23.4 Å². The molecule has 2 aromatic rings. The van der Waals surface area contributed by atoms with Crippen LogP contribution in [0.25, 0.3) is 5.65 Å². The minimum atomic E-state index is -3.22. The molecule has 31 heavy (non-hydrogen) atoms. The van der Waals surface area contributed by atoms with Crippen LogP contribution in [0.4, 0.5) is 0 Å². The molecule has 170 valence electrons. The van der Waals surface area contributed by atoms with Crippen LogP contribution in [0, 0.1) is 12.8 Å². The molecule has 9 nitrogen and oxygen atoms in total. The number of aryl methyl sites for hydroxylation is 1. The van der Waals surface area contributed by atoms with Crippen LogP contribution in [0.2, 0.25) is 0 Å².